The van der Waals surface area contributed by atoms with Crippen LogP contribution in [0.5, 0.6) is 0 Å². The molecule has 0 bridgehead atoms. The number of allylic oxidation sites excluding steroid dienone is 1. The van der Waals surface area contributed by atoms with Crippen molar-refractivity contribution in [2.45, 2.75) is 91.3 Å². The van der Waals surface area contributed by atoms with E-state index >= 15 is 0 Å². The van der Waals surface area contributed by atoms with Gasteiger partial charge in [0.05, 0.1) is 9.75 Å². The molecule has 0 fully saturated rings. The van der Waals surface area contributed by atoms with E-state index in [0.29, 0.717) is 39.6 Å². The molecule has 0 aromatic carbocycles. The molecule has 0 aliphatic carbocycles. The van der Waals surface area contributed by atoms with E-state index < -0.39 is 17.6 Å². The molecule has 10 heteroatoms. The molecule has 32 heavy (non-hydrogen) atoms. The topological polar surface area (TPSA) is 55.4 Å². The zero-order valence-electron chi connectivity index (χ0n) is 21.9. The molecule has 2 atom stereocenters. The van der Waals surface area contributed by atoms with Crippen molar-refractivity contribution in [2.24, 2.45) is 0 Å². The molecule has 0 heterocycles. The molecule has 6 nitrogen and oxygen atoms in total. The summed E-state index contributed by atoms with van der Waals surface area (Å²) in [6.07, 6.45) is 2.78. The fourth-order valence-corrected chi connectivity index (χ4v) is 13.3. The van der Waals surface area contributed by atoms with Crippen molar-refractivity contribution in [3.8, 4) is 0 Å². The molecule has 0 aliphatic rings. The number of thioether (sulfide) groups is 2. The van der Waals surface area contributed by atoms with E-state index in [-0.39, 0.29) is 9.75 Å². The molecule has 0 rings (SSSR count). The van der Waals surface area contributed by atoms with Crippen molar-refractivity contribution in [2.75, 3.05) is 39.6 Å². The van der Waals surface area contributed by atoms with Gasteiger partial charge in [-0.25, -0.2) is 0 Å². The molecule has 0 aliphatic heterocycles. The highest BCUT2D eigenvalue weighted by Crippen LogP contribution is 2.38. The van der Waals surface area contributed by atoms with Crippen LogP contribution in [0.1, 0.15) is 81.6 Å². The Labute approximate surface area is 208 Å². The Morgan fingerprint density at radius 2 is 0.938 bits per heavy atom. The first-order valence-electron chi connectivity index (χ1n) is 12.3. The van der Waals surface area contributed by atoms with E-state index in [1.54, 1.807) is 11.8 Å². The normalized spacial score (nSPS) is 15.2. The Balaban J connectivity index is 5.78. The third-order valence-corrected chi connectivity index (χ3v) is 16.2. The predicted molar refractivity (Wildman–Crippen MR) is 143 cm³/mol. The lowest BCUT2D eigenvalue weighted by molar-refractivity contribution is 0.0684. The molecule has 0 aromatic rings. The van der Waals surface area contributed by atoms with E-state index in [0.717, 1.165) is 19.3 Å². The van der Waals surface area contributed by atoms with Crippen LogP contribution in [-0.2, 0) is 26.6 Å². The molecule has 0 N–H and O–H groups in total. The number of hydrogen-bond donors (Lipinski definition) is 0. The van der Waals surface area contributed by atoms with Crippen LogP contribution < -0.4 is 0 Å². The second kappa shape index (κ2) is 18.9. The Hall–Kier alpha value is 0.634. The molecule has 192 valence electrons. The van der Waals surface area contributed by atoms with Gasteiger partial charge in [-0.2, -0.15) is 0 Å². The summed E-state index contributed by atoms with van der Waals surface area (Å²) in [5.41, 5.74) is 0. The quantitative estimate of drug-likeness (QED) is 0.158. The summed E-state index contributed by atoms with van der Waals surface area (Å²) >= 11 is 3.62. The minimum absolute atomic E-state index is 0.150. The smallest absolute Gasteiger partial charge is 0.373 e. The van der Waals surface area contributed by atoms with Crippen molar-refractivity contribution in [1.82, 2.24) is 0 Å². The largest absolute Gasteiger partial charge is 0.514 e. The molecule has 0 saturated carbocycles. The average molecular weight is 529 g/mol. The van der Waals surface area contributed by atoms with Crippen LogP contribution in [0.25, 0.3) is 0 Å². The summed E-state index contributed by atoms with van der Waals surface area (Å²) in [5.74, 6) is 0. The maximum atomic E-state index is 6.19. The van der Waals surface area contributed by atoms with E-state index in [2.05, 4.69) is 26.2 Å². The monoisotopic (exact) mass is 528 g/mol. The summed E-state index contributed by atoms with van der Waals surface area (Å²) in [4.78, 5) is 1.60. The van der Waals surface area contributed by atoms with Gasteiger partial charge >= 0.3 is 17.6 Å². The van der Waals surface area contributed by atoms with Crippen LogP contribution in [-0.4, -0.2) is 67.0 Å². The van der Waals surface area contributed by atoms with Gasteiger partial charge in [0.25, 0.3) is 0 Å². The number of hydrogen-bond acceptors (Lipinski definition) is 8. The Morgan fingerprint density at radius 3 is 1.22 bits per heavy atom. The highest BCUT2D eigenvalue weighted by Gasteiger charge is 2.50. The zero-order chi connectivity index (χ0) is 24.5. The molecule has 0 saturated heterocycles. The van der Waals surface area contributed by atoms with E-state index in [1.807, 2.05) is 53.3 Å². The van der Waals surface area contributed by atoms with Crippen LogP contribution in [0.2, 0.25) is 0 Å². The van der Waals surface area contributed by atoms with Gasteiger partial charge in [0.1, 0.15) is 0 Å². The van der Waals surface area contributed by atoms with Crippen molar-refractivity contribution < 1.29 is 26.6 Å². The average Bonchev–Trinajstić information content (AvgIpc) is 2.77. The molecule has 0 amide bonds. The van der Waals surface area contributed by atoms with Gasteiger partial charge in [-0.3, -0.25) is 0 Å². The fourth-order valence-electron chi connectivity index (χ4n) is 3.39. The van der Waals surface area contributed by atoms with E-state index in [1.165, 1.54) is 4.91 Å². The highest BCUT2D eigenvalue weighted by atomic mass is 32.2. The first-order valence-corrected chi connectivity index (χ1v) is 17.7. The second-order valence-corrected chi connectivity index (χ2v) is 15.6. The zero-order valence-corrected chi connectivity index (χ0v) is 25.5. The standard InChI is InChI=1S/C22H48O6S2Si2/c1-10-20(30-22(12-3)32(26-16-7,27-17-8)28-18-9)19-29-21(11-2)31(23-13-4,24-14-5)25-15-6/h19,21-22H,10-18H2,1-9H3/b20-19+. The first kappa shape index (κ1) is 32.6. The second-order valence-electron chi connectivity index (χ2n) is 6.79. The van der Waals surface area contributed by atoms with Gasteiger partial charge in [-0.15, -0.1) is 23.5 Å². The molecule has 0 aromatic heterocycles. The lowest BCUT2D eigenvalue weighted by Gasteiger charge is -2.35. The summed E-state index contributed by atoms with van der Waals surface area (Å²) in [5, 5.41) is 2.27. The third kappa shape index (κ3) is 10.1. The minimum Gasteiger partial charge on any atom is -0.373 e. The van der Waals surface area contributed by atoms with Crippen LogP contribution in [0.15, 0.2) is 10.3 Å². The van der Waals surface area contributed by atoms with Crippen molar-refractivity contribution in [1.29, 1.82) is 0 Å². The maximum Gasteiger partial charge on any atom is 0.514 e. The molecular formula is C22H48O6S2Si2. The number of rotatable bonds is 21. The Morgan fingerprint density at radius 1 is 0.594 bits per heavy atom. The van der Waals surface area contributed by atoms with Crippen LogP contribution in [0.3, 0.4) is 0 Å². The van der Waals surface area contributed by atoms with E-state index in [4.69, 9.17) is 26.6 Å². The molecular weight excluding hydrogens is 481 g/mol. The van der Waals surface area contributed by atoms with E-state index in [9.17, 15) is 0 Å². The van der Waals surface area contributed by atoms with Gasteiger partial charge in [0, 0.05) is 39.6 Å². The molecule has 0 spiro atoms. The maximum absolute atomic E-state index is 6.19. The van der Waals surface area contributed by atoms with Gasteiger partial charge in [-0.05, 0) is 71.1 Å². The Bertz CT molecular complexity index is 465. The molecule has 0 radical (unpaired) electrons. The predicted octanol–water partition coefficient (Wildman–Crippen LogP) is 6.44. The highest BCUT2D eigenvalue weighted by molar-refractivity contribution is 8.08. The lowest BCUT2D eigenvalue weighted by Crippen LogP contribution is -2.55. The van der Waals surface area contributed by atoms with Gasteiger partial charge in [0.15, 0.2) is 0 Å². The first-order chi connectivity index (χ1) is 15.4. The lowest BCUT2D eigenvalue weighted by atomic mass is 10.5. The summed E-state index contributed by atoms with van der Waals surface area (Å²) in [6, 6.07) is 0. The fraction of sp³-hybridized carbons (Fsp3) is 0.909. The van der Waals surface area contributed by atoms with Gasteiger partial charge in [-0.1, -0.05) is 20.8 Å². The summed E-state index contributed by atoms with van der Waals surface area (Å²) in [6.45, 7) is 22.1. The molecule has 2 unspecified atom stereocenters. The van der Waals surface area contributed by atoms with Crippen molar-refractivity contribution >= 4 is 41.1 Å². The van der Waals surface area contributed by atoms with Gasteiger partial charge in [0.2, 0.25) is 0 Å². The van der Waals surface area contributed by atoms with Crippen LogP contribution >= 0.6 is 23.5 Å². The van der Waals surface area contributed by atoms with Crippen molar-refractivity contribution in [3.63, 3.8) is 0 Å². The summed E-state index contributed by atoms with van der Waals surface area (Å²) in [7, 11) is -5.58. The van der Waals surface area contributed by atoms with Crippen LogP contribution in [0, 0.1) is 0 Å². The van der Waals surface area contributed by atoms with Gasteiger partial charge < -0.3 is 26.6 Å². The minimum atomic E-state index is -2.80. The van der Waals surface area contributed by atoms with Crippen molar-refractivity contribution in [3.05, 3.63) is 10.3 Å². The third-order valence-electron chi connectivity index (χ3n) is 4.61. The Kier molecular flexibility index (Phi) is 19.3. The SMILES string of the molecule is CCO[Si](OCC)(OCC)C(CC)S/C=C(\CC)SC(CC)[Si](OCC)(OCC)OCC. The van der Waals surface area contributed by atoms with Crippen LogP contribution in [0.4, 0.5) is 0 Å². The summed E-state index contributed by atoms with van der Waals surface area (Å²) < 4.78 is 37.1.